The number of anilines is 1. The first-order valence-corrected chi connectivity index (χ1v) is 11.3. The van der Waals surface area contributed by atoms with E-state index in [9.17, 15) is 4.79 Å². The molecule has 0 bridgehead atoms. The SMILES string of the molecule is Cc1ccccc1C(=O)NC(=NCCc1c[nH]c2ccccc12)Nc1ccc(C(C)C)cc1. The Hall–Kier alpha value is -3.86. The van der Waals surface area contributed by atoms with Crippen LogP contribution in [0.5, 0.6) is 0 Å². The molecule has 0 aliphatic rings. The van der Waals surface area contributed by atoms with Gasteiger partial charge in [-0.15, -0.1) is 0 Å². The Morgan fingerprint density at radius 2 is 1.70 bits per heavy atom. The zero-order chi connectivity index (χ0) is 23.2. The lowest BCUT2D eigenvalue weighted by molar-refractivity contribution is 0.0976. The van der Waals surface area contributed by atoms with E-state index in [0.717, 1.165) is 23.2 Å². The molecule has 0 aliphatic heterocycles. The van der Waals surface area contributed by atoms with Crippen molar-refractivity contribution < 1.29 is 4.79 Å². The predicted molar refractivity (Wildman–Crippen MR) is 137 cm³/mol. The maximum absolute atomic E-state index is 12.9. The molecular formula is C28H30N4O. The number of amides is 1. The number of carbonyl (C=O) groups excluding carboxylic acids is 1. The van der Waals surface area contributed by atoms with Gasteiger partial charge in [0.25, 0.3) is 5.91 Å². The Bertz CT molecular complexity index is 1270. The van der Waals surface area contributed by atoms with Gasteiger partial charge in [-0.3, -0.25) is 15.1 Å². The lowest BCUT2D eigenvalue weighted by Gasteiger charge is -2.14. The van der Waals surface area contributed by atoms with Crippen LogP contribution >= 0.6 is 0 Å². The highest BCUT2D eigenvalue weighted by molar-refractivity contribution is 6.10. The number of H-pyrrole nitrogens is 1. The van der Waals surface area contributed by atoms with E-state index in [-0.39, 0.29) is 5.91 Å². The van der Waals surface area contributed by atoms with Crippen LogP contribution in [0.3, 0.4) is 0 Å². The number of nitrogens with one attached hydrogen (secondary N) is 3. The quantitative estimate of drug-likeness (QED) is 0.254. The van der Waals surface area contributed by atoms with E-state index in [4.69, 9.17) is 4.99 Å². The number of aryl methyl sites for hydroxylation is 1. The van der Waals surface area contributed by atoms with Crippen LogP contribution in [0.4, 0.5) is 5.69 Å². The van der Waals surface area contributed by atoms with Crippen molar-refractivity contribution in [2.45, 2.75) is 33.1 Å². The Labute approximate surface area is 195 Å². The van der Waals surface area contributed by atoms with Crippen molar-refractivity contribution in [3.8, 4) is 0 Å². The third-order valence-corrected chi connectivity index (χ3v) is 5.79. The average molecular weight is 439 g/mol. The Morgan fingerprint density at radius 1 is 0.970 bits per heavy atom. The fraction of sp³-hybridized carbons (Fsp3) is 0.214. The first kappa shape index (κ1) is 22.3. The molecule has 0 fully saturated rings. The largest absolute Gasteiger partial charge is 0.361 e. The van der Waals surface area contributed by atoms with Gasteiger partial charge >= 0.3 is 0 Å². The molecule has 1 aromatic heterocycles. The maximum Gasteiger partial charge on any atom is 0.258 e. The summed E-state index contributed by atoms with van der Waals surface area (Å²) in [5.74, 6) is 0.731. The molecular weight excluding hydrogens is 408 g/mol. The van der Waals surface area contributed by atoms with Crippen LogP contribution in [0.15, 0.2) is 84.0 Å². The van der Waals surface area contributed by atoms with Crippen molar-refractivity contribution in [3.05, 3.63) is 101 Å². The zero-order valence-electron chi connectivity index (χ0n) is 19.4. The third-order valence-electron chi connectivity index (χ3n) is 5.79. The smallest absolute Gasteiger partial charge is 0.258 e. The summed E-state index contributed by atoms with van der Waals surface area (Å²) >= 11 is 0. The Kier molecular flexibility index (Phi) is 6.89. The number of aliphatic imine (C=N–C) groups is 1. The Morgan fingerprint density at radius 3 is 2.45 bits per heavy atom. The van der Waals surface area contributed by atoms with Gasteiger partial charge in [0.1, 0.15) is 0 Å². The van der Waals surface area contributed by atoms with Crippen LogP contribution in [0.2, 0.25) is 0 Å². The summed E-state index contributed by atoms with van der Waals surface area (Å²) in [6.45, 7) is 6.81. The molecule has 4 rings (SSSR count). The molecule has 5 nitrogen and oxygen atoms in total. The van der Waals surface area contributed by atoms with Gasteiger partial charge in [-0.2, -0.15) is 0 Å². The van der Waals surface area contributed by atoms with Crippen LogP contribution in [-0.4, -0.2) is 23.4 Å². The first-order chi connectivity index (χ1) is 16.0. The van der Waals surface area contributed by atoms with Gasteiger partial charge in [-0.05, 0) is 60.2 Å². The second-order valence-electron chi connectivity index (χ2n) is 8.51. The van der Waals surface area contributed by atoms with Crippen LogP contribution in [0.1, 0.15) is 46.8 Å². The fourth-order valence-electron chi connectivity index (χ4n) is 3.83. The monoisotopic (exact) mass is 438 g/mol. The second-order valence-corrected chi connectivity index (χ2v) is 8.51. The predicted octanol–water partition coefficient (Wildman–Crippen LogP) is 6.04. The highest BCUT2D eigenvalue weighted by Gasteiger charge is 2.12. The van der Waals surface area contributed by atoms with E-state index in [1.54, 1.807) is 0 Å². The zero-order valence-corrected chi connectivity index (χ0v) is 19.4. The lowest BCUT2D eigenvalue weighted by Crippen LogP contribution is -2.36. The van der Waals surface area contributed by atoms with Gasteiger partial charge in [0.15, 0.2) is 0 Å². The molecule has 33 heavy (non-hydrogen) atoms. The summed E-state index contributed by atoms with van der Waals surface area (Å²) < 4.78 is 0. The average Bonchev–Trinajstić information content (AvgIpc) is 3.23. The number of carbonyl (C=O) groups is 1. The van der Waals surface area contributed by atoms with E-state index in [1.807, 2.05) is 61.7 Å². The first-order valence-electron chi connectivity index (χ1n) is 11.3. The molecule has 5 heteroatoms. The van der Waals surface area contributed by atoms with E-state index in [1.165, 1.54) is 16.5 Å². The second kappa shape index (κ2) is 10.2. The normalized spacial score (nSPS) is 11.7. The molecule has 3 aromatic carbocycles. The molecule has 0 atom stereocenters. The van der Waals surface area contributed by atoms with Crippen molar-refractivity contribution in [1.29, 1.82) is 0 Å². The minimum absolute atomic E-state index is 0.176. The van der Waals surface area contributed by atoms with Gasteiger partial charge in [-0.25, -0.2) is 0 Å². The lowest BCUT2D eigenvalue weighted by atomic mass is 10.0. The molecule has 0 unspecified atom stereocenters. The number of fused-ring (bicyclic) bond motifs is 1. The summed E-state index contributed by atoms with van der Waals surface area (Å²) in [6.07, 6.45) is 2.80. The van der Waals surface area contributed by atoms with Gasteiger partial charge in [-0.1, -0.05) is 62.4 Å². The molecule has 0 aliphatic carbocycles. The summed E-state index contributed by atoms with van der Waals surface area (Å²) in [6, 6.07) is 24.0. The van der Waals surface area contributed by atoms with Crippen LogP contribution in [0, 0.1) is 6.92 Å². The number of rotatable bonds is 6. The van der Waals surface area contributed by atoms with Crippen LogP contribution in [0.25, 0.3) is 10.9 Å². The fourth-order valence-corrected chi connectivity index (χ4v) is 3.83. The minimum Gasteiger partial charge on any atom is -0.361 e. The van der Waals surface area contributed by atoms with Crippen molar-refractivity contribution in [2.75, 3.05) is 11.9 Å². The number of guanidine groups is 1. The van der Waals surface area contributed by atoms with E-state index in [0.29, 0.717) is 24.0 Å². The number of hydrogen-bond acceptors (Lipinski definition) is 2. The molecule has 0 saturated carbocycles. The van der Waals surface area contributed by atoms with Crippen molar-refractivity contribution in [3.63, 3.8) is 0 Å². The molecule has 4 aromatic rings. The van der Waals surface area contributed by atoms with Gasteiger partial charge in [0, 0.05) is 34.9 Å². The van der Waals surface area contributed by atoms with Crippen LogP contribution < -0.4 is 10.6 Å². The Balaban J connectivity index is 1.53. The van der Waals surface area contributed by atoms with Crippen molar-refractivity contribution in [2.24, 2.45) is 4.99 Å². The third kappa shape index (κ3) is 5.50. The molecule has 3 N–H and O–H groups in total. The number of aromatic nitrogens is 1. The van der Waals surface area contributed by atoms with Gasteiger partial charge < -0.3 is 10.3 Å². The number of para-hydroxylation sites is 1. The summed E-state index contributed by atoms with van der Waals surface area (Å²) in [7, 11) is 0. The highest BCUT2D eigenvalue weighted by atomic mass is 16.1. The molecule has 1 amide bonds. The summed E-state index contributed by atoms with van der Waals surface area (Å²) in [5.41, 5.74) is 6.04. The molecule has 168 valence electrons. The standard InChI is InChI=1S/C28H30N4O/c1-19(2)21-12-14-23(15-13-21)31-28(32-27(33)24-9-5-4-8-20(24)3)29-17-16-22-18-30-26-11-7-6-10-25(22)26/h4-15,18-19,30H,16-17H2,1-3H3,(H2,29,31,32,33). The van der Waals surface area contributed by atoms with E-state index >= 15 is 0 Å². The topological polar surface area (TPSA) is 69.3 Å². The molecule has 1 heterocycles. The van der Waals surface area contributed by atoms with Crippen molar-refractivity contribution in [1.82, 2.24) is 10.3 Å². The summed E-state index contributed by atoms with van der Waals surface area (Å²) in [5, 5.41) is 7.47. The van der Waals surface area contributed by atoms with Gasteiger partial charge in [0.2, 0.25) is 5.96 Å². The van der Waals surface area contributed by atoms with E-state index < -0.39 is 0 Å². The number of nitrogens with zero attached hydrogens (tertiary/aromatic N) is 1. The highest BCUT2D eigenvalue weighted by Crippen LogP contribution is 2.19. The maximum atomic E-state index is 12.9. The van der Waals surface area contributed by atoms with Crippen molar-refractivity contribution >= 4 is 28.5 Å². The van der Waals surface area contributed by atoms with E-state index in [2.05, 4.69) is 53.7 Å². The number of benzene rings is 3. The number of aromatic amines is 1. The minimum atomic E-state index is -0.176. The number of hydrogen-bond donors (Lipinski definition) is 3. The van der Waals surface area contributed by atoms with Crippen LogP contribution in [-0.2, 0) is 6.42 Å². The van der Waals surface area contributed by atoms with Gasteiger partial charge in [0.05, 0.1) is 0 Å². The molecule has 0 radical (unpaired) electrons. The molecule has 0 spiro atoms. The summed E-state index contributed by atoms with van der Waals surface area (Å²) in [4.78, 5) is 21.0. The molecule has 0 saturated heterocycles.